The molecule has 0 unspecified atom stereocenters. The molecule has 0 atom stereocenters. The Bertz CT molecular complexity index is 633. The standard InChI is InChI=1S/C9H7N5S/c10-11-9-8-7(12-14-13-9)5-3-1-2-4-6(5)15-8/h1-4H,10H2,(H,11,12,13). The molecule has 15 heavy (non-hydrogen) atoms. The second-order valence-corrected chi connectivity index (χ2v) is 4.11. The number of aromatic nitrogens is 3. The van der Waals surface area contributed by atoms with E-state index < -0.39 is 0 Å². The van der Waals surface area contributed by atoms with Crippen molar-refractivity contribution in [3.63, 3.8) is 0 Å². The monoisotopic (exact) mass is 217 g/mol. The Morgan fingerprint density at radius 3 is 2.93 bits per heavy atom. The smallest absolute Gasteiger partial charge is 0.184 e. The molecule has 0 saturated heterocycles. The van der Waals surface area contributed by atoms with Crippen molar-refractivity contribution >= 4 is 37.5 Å². The molecule has 0 saturated carbocycles. The molecule has 2 aromatic heterocycles. The van der Waals surface area contributed by atoms with Crippen molar-refractivity contribution < 1.29 is 0 Å². The highest BCUT2D eigenvalue weighted by molar-refractivity contribution is 7.26. The third kappa shape index (κ3) is 1.15. The number of anilines is 1. The molecule has 0 aliphatic rings. The Morgan fingerprint density at radius 1 is 1.20 bits per heavy atom. The molecule has 0 spiro atoms. The fourth-order valence-electron chi connectivity index (χ4n) is 1.54. The minimum absolute atomic E-state index is 0.571. The summed E-state index contributed by atoms with van der Waals surface area (Å²) >= 11 is 1.61. The minimum atomic E-state index is 0.571. The Balaban J connectivity index is 2.53. The summed E-state index contributed by atoms with van der Waals surface area (Å²) in [7, 11) is 0. The van der Waals surface area contributed by atoms with E-state index in [1.807, 2.05) is 24.3 Å². The Labute approximate surface area is 88.9 Å². The summed E-state index contributed by atoms with van der Waals surface area (Å²) in [4.78, 5) is 0. The van der Waals surface area contributed by atoms with Crippen LogP contribution in [0.5, 0.6) is 0 Å². The first-order chi connectivity index (χ1) is 7.40. The van der Waals surface area contributed by atoms with Gasteiger partial charge in [0.05, 0.1) is 0 Å². The van der Waals surface area contributed by atoms with Crippen LogP contribution < -0.4 is 11.3 Å². The number of nitrogen functional groups attached to an aromatic ring is 1. The van der Waals surface area contributed by atoms with Gasteiger partial charge >= 0.3 is 0 Å². The van der Waals surface area contributed by atoms with Crippen molar-refractivity contribution in [1.29, 1.82) is 0 Å². The zero-order valence-electron chi connectivity index (χ0n) is 7.64. The largest absolute Gasteiger partial charge is 0.306 e. The normalized spacial score (nSPS) is 11.0. The zero-order valence-corrected chi connectivity index (χ0v) is 8.45. The predicted molar refractivity (Wildman–Crippen MR) is 60.5 cm³/mol. The summed E-state index contributed by atoms with van der Waals surface area (Å²) in [5, 5.41) is 12.6. The highest BCUT2D eigenvalue weighted by Crippen LogP contribution is 2.34. The summed E-state index contributed by atoms with van der Waals surface area (Å²) in [5.74, 6) is 5.93. The number of nitrogens with two attached hydrogens (primary N) is 1. The van der Waals surface area contributed by atoms with E-state index in [9.17, 15) is 0 Å². The third-order valence-corrected chi connectivity index (χ3v) is 3.38. The van der Waals surface area contributed by atoms with Gasteiger partial charge in [-0.25, -0.2) is 5.84 Å². The van der Waals surface area contributed by atoms with Crippen LogP contribution in [0.25, 0.3) is 20.3 Å². The van der Waals surface area contributed by atoms with Gasteiger partial charge in [0, 0.05) is 10.1 Å². The summed E-state index contributed by atoms with van der Waals surface area (Å²) in [6.07, 6.45) is 0. The van der Waals surface area contributed by atoms with E-state index >= 15 is 0 Å². The number of hydrogen-bond donors (Lipinski definition) is 2. The predicted octanol–water partition coefficient (Wildman–Crippen LogP) is 1.53. The lowest BCUT2D eigenvalue weighted by Gasteiger charge is -1.95. The maximum Gasteiger partial charge on any atom is 0.184 e. The Morgan fingerprint density at radius 2 is 2.07 bits per heavy atom. The van der Waals surface area contributed by atoms with Gasteiger partial charge in [0.1, 0.15) is 10.2 Å². The number of hydrogen-bond acceptors (Lipinski definition) is 6. The number of nitrogens with zero attached hydrogens (tertiary/aromatic N) is 3. The lowest BCUT2D eigenvalue weighted by Crippen LogP contribution is -2.09. The highest BCUT2D eigenvalue weighted by Gasteiger charge is 2.10. The summed E-state index contributed by atoms with van der Waals surface area (Å²) in [6.45, 7) is 0. The van der Waals surface area contributed by atoms with E-state index in [2.05, 4.69) is 20.8 Å². The van der Waals surface area contributed by atoms with Crippen LogP contribution in [0.4, 0.5) is 5.82 Å². The van der Waals surface area contributed by atoms with Crippen LogP contribution in [-0.4, -0.2) is 15.4 Å². The fourth-order valence-corrected chi connectivity index (χ4v) is 2.63. The molecule has 5 nitrogen and oxygen atoms in total. The Kier molecular flexibility index (Phi) is 1.77. The van der Waals surface area contributed by atoms with Crippen molar-refractivity contribution in [3.05, 3.63) is 24.3 Å². The van der Waals surface area contributed by atoms with Gasteiger partial charge in [0.2, 0.25) is 0 Å². The van der Waals surface area contributed by atoms with Gasteiger partial charge in [-0.05, 0) is 11.3 Å². The molecular weight excluding hydrogens is 210 g/mol. The first kappa shape index (κ1) is 8.51. The van der Waals surface area contributed by atoms with Crippen LogP contribution in [0.15, 0.2) is 24.3 Å². The number of hydrazine groups is 1. The number of nitrogens with one attached hydrogen (secondary N) is 1. The quantitative estimate of drug-likeness (QED) is 0.477. The molecule has 3 N–H and O–H groups in total. The van der Waals surface area contributed by atoms with Gasteiger partial charge in [-0.3, -0.25) is 0 Å². The van der Waals surface area contributed by atoms with E-state index in [4.69, 9.17) is 5.84 Å². The van der Waals surface area contributed by atoms with Crippen LogP contribution in [0.2, 0.25) is 0 Å². The van der Waals surface area contributed by atoms with E-state index in [-0.39, 0.29) is 0 Å². The van der Waals surface area contributed by atoms with Gasteiger partial charge in [-0.15, -0.1) is 21.5 Å². The molecule has 0 amide bonds. The van der Waals surface area contributed by atoms with Gasteiger partial charge in [-0.1, -0.05) is 18.2 Å². The van der Waals surface area contributed by atoms with Crippen molar-refractivity contribution in [1.82, 2.24) is 15.4 Å². The Hall–Kier alpha value is -1.79. The van der Waals surface area contributed by atoms with Crippen molar-refractivity contribution in [2.75, 3.05) is 5.43 Å². The van der Waals surface area contributed by atoms with Gasteiger partial charge in [0.15, 0.2) is 5.82 Å². The van der Waals surface area contributed by atoms with E-state index in [1.165, 1.54) is 0 Å². The maximum absolute atomic E-state index is 5.36. The molecule has 0 fully saturated rings. The number of rotatable bonds is 1. The molecule has 0 radical (unpaired) electrons. The SMILES string of the molecule is NNc1nnnc2c1sc1ccccc12. The van der Waals surface area contributed by atoms with Gasteiger partial charge in [-0.2, -0.15) is 0 Å². The molecule has 2 heterocycles. The molecule has 74 valence electrons. The van der Waals surface area contributed by atoms with E-state index in [0.717, 1.165) is 20.3 Å². The lowest BCUT2D eigenvalue weighted by molar-refractivity contribution is 0.899. The lowest BCUT2D eigenvalue weighted by atomic mass is 10.2. The molecule has 0 bridgehead atoms. The molecule has 0 aliphatic heterocycles. The zero-order chi connectivity index (χ0) is 10.3. The highest BCUT2D eigenvalue weighted by atomic mass is 32.1. The molecule has 0 aliphatic carbocycles. The van der Waals surface area contributed by atoms with Crippen molar-refractivity contribution in [3.8, 4) is 0 Å². The fraction of sp³-hybridized carbons (Fsp3) is 0. The van der Waals surface area contributed by atoms with Crippen LogP contribution in [0.3, 0.4) is 0 Å². The number of thiophene rings is 1. The topological polar surface area (TPSA) is 76.7 Å². The van der Waals surface area contributed by atoms with Crippen molar-refractivity contribution in [2.45, 2.75) is 0 Å². The van der Waals surface area contributed by atoms with Gasteiger partial charge < -0.3 is 5.43 Å². The summed E-state index contributed by atoms with van der Waals surface area (Å²) < 4.78 is 2.10. The molecule has 1 aromatic carbocycles. The van der Waals surface area contributed by atoms with E-state index in [0.29, 0.717) is 5.82 Å². The van der Waals surface area contributed by atoms with Gasteiger partial charge in [0.25, 0.3) is 0 Å². The minimum Gasteiger partial charge on any atom is -0.306 e. The average Bonchev–Trinajstić information content (AvgIpc) is 2.67. The third-order valence-electron chi connectivity index (χ3n) is 2.21. The second-order valence-electron chi connectivity index (χ2n) is 3.06. The number of fused-ring (bicyclic) bond motifs is 3. The summed E-state index contributed by atoms with van der Waals surface area (Å²) in [5.41, 5.74) is 3.37. The number of benzene rings is 1. The van der Waals surface area contributed by atoms with Crippen LogP contribution >= 0.6 is 11.3 Å². The molecular formula is C9H7N5S. The van der Waals surface area contributed by atoms with Crippen LogP contribution in [-0.2, 0) is 0 Å². The van der Waals surface area contributed by atoms with Crippen molar-refractivity contribution in [2.24, 2.45) is 5.84 Å². The average molecular weight is 217 g/mol. The summed E-state index contributed by atoms with van der Waals surface area (Å²) in [6, 6.07) is 8.03. The van der Waals surface area contributed by atoms with Crippen LogP contribution in [0, 0.1) is 0 Å². The molecule has 6 heteroatoms. The molecule has 3 rings (SSSR count). The van der Waals surface area contributed by atoms with E-state index in [1.54, 1.807) is 11.3 Å². The maximum atomic E-state index is 5.36. The first-order valence-electron chi connectivity index (χ1n) is 4.37. The van der Waals surface area contributed by atoms with Crippen LogP contribution in [0.1, 0.15) is 0 Å². The molecule has 3 aromatic rings. The first-order valence-corrected chi connectivity index (χ1v) is 5.19. The second kappa shape index (κ2) is 3.11.